The molecule has 4 nitrogen and oxygen atoms in total. The molecule has 0 fully saturated rings. The van der Waals surface area contributed by atoms with E-state index < -0.39 is 0 Å². The summed E-state index contributed by atoms with van der Waals surface area (Å²) in [5, 5.41) is 3.19. The minimum absolute atomic E-state index is 0.0667. The van der Waals surface area contributed by atoms with Crippen LogP contribution in [-0.2, 0) is 0 Å². The predicted octanol–water partition coefficient (Wildman–Crippen LogP) is 1.81. The van der Waals surface area contributed by atoms with Crippen LogP contribution in [0.1, 0.15) is 24.2 Å². The zero-order chi connectivity index (χ0) is 14.1. The monoisotopic (exact) mass is 264 g/mol. The predicted molar refractivity (Wildman–Crippen MR) is 78.0 cm³/mol. The van der Waals surface area contributed by atoms with Gasteiger partial charge in [-0.2, -0.15) is 0 Å². The smallest absolute Gasteiger partial charge is 0.180 e. The Bertz CT molecular complexity index is 389. The average Bonchev–Trinajstić information content (AvgIpc) is 2.47. The number of rotatable bonds is 9. The number of nitrogens with zero attached hydrogens (tertiary/aromatic N) is 1. The van der Waals surface area contributed by atoms with Gasteiger partial charge in [-0.1, -0.05) is 26.0 Å². The van der Waals surface area contributed by atoms with Gasteiger partial charge in [-0.25, -0.2) is 0 Å². The Morgan fingerprint density at radius 2 is 1.95 bits per heavy atom. The largest absolute Gasteiger partial charge is 0.496 e. The third kappa shape index (κ3) is 5.01. The van der Waals surface area contributed by atoms with Crippen LogP contribution in [-0.4, -0.2) is 50.5 Å². The first kappa shape index (κ1) is 15.7. The highest BCUT2D eigenvalue weighted by Crippen LogP contribution is 2.17. The quantitative estimate of drug-likeness (QED) is 0.545. The van der Waals surface area contributed by atoms with Crippen molar-refractivity contribution in [2.45, 2.75) is 13.8 Å². The third-order valence-electron chi connectivity index (χ3n) is 3.19. The number of likely N-dealkylation sites (N-methyl/N-ethyl adjacent to an activating group) is 1. The highest BCUT2D eigenvalue weighted by molar-refractivity contribution is 6.00. The van der Waals surface area contributed by atoms with Gasteiger partial charge in [0.25, 0.3) is 0 Å². The summed E-state index contributed by atoms with van der Waals surface area (Å²) in [6, 6.07) is 7.32. The number of hydrogen-bond acceptors (Lipinski definition) is 4. The number of methoxy groups -OCH3 is 1. The van der Waals surface area contributed by atoms with Crippen LogP contribution in [0.4, 0.5) is 0 Å². The van der Waals surface area contributed by atoms with Gasteiger partial charge in [-0.15, -0.1) is 0 Å². The van der Waals surface area contributed by atoms with Crippen molar-refractivity contribution in [1.29, 1.82) is 0 Å². The normalized spacial score (nSPS) is 10.7. The molecule has 0 saturated carbocycles. The molecule has 0 amide bonds. The lowest BCUT2D eigenvalue weighted by atomic mass is 10.1. The van der Waals surface area contributed by atoms with Crippen LogP contribution in [0.5, 0.6) is 5.75 Å². The lowest BCUT2D eigenvalue weighted by Crippen LogP contribution is -2.34. The maximum Gasteiger partial charge on any atom is 0.180 e. The number of para-hydroxylation sites is 1. The Balaban J connectivity index is 2.39. The van der Waals surface area contributed by atoms with Crippen molar-refractivity contribution in [3.63, 3.8) is 0 Å². The molecule has 0 aromatic heterocycles. The number of hydrogen-bond donors (Lipinski definition) is 1. The minimum Gasteiger partial charge on any atom is -0.496 e. The fourth-order valence-corrected chi connectivity index (χ4v) is 1.95. The SMILES string of the molecule is CCN(CC)CCNCC(=O)c1ccccc1OC. The van der Waals surface area contributed by atoms with E-state index in [2.05, 4.69) is 24.1 Å². The summed E-state index contributed by atoms with van der Waals surface area (Å²) < 4.78 is 5.19. The molecule has 0 unspecified atom stereocenters. The summed E-state index contributed by atoms with van der Waals surface area (Å²) in [5.74, 6) is 0.704. The van der Waals surface area contributed by atoms with Gasteiger partial charge in [0.2, 0.25) is 0 Å². The number of carbonyl (C=O) groups is 1. The van der Waals surface area contributed by atoms with Crippen LogP contribution in [0.15, 0.2) is 24.3 Å². The zero-order valence-electron chi connectivity index (χ0n) is 12.1. The fraction of sp³-hybridized carbons (Fsp3) is 0.533. The molecular weight excluding hydrogens is 240 g/mol. The van der Waals surface area contributed by atoms with Gasteiger partial charge < -0.3 is 15.0 Å². The molecule has 0 heterocycles. The Hall–Kier alpha value is -1.39. The average molecular weight is 264 g/mol. The van der Waals surface area contributed by atoms with Crippen LogP contribution < -0.4 is 10.1 Å². The highest BCUT2D eigenvalue weighted by Gasteiger charge is 2.10. The Morgan fingerprint density at radius 1 is 1.26 bits per heavy atom. The molecule has 0 atom stereocenters. The van der Waals surface area contributed by atoms with E-state index in [1.807, 2.05) is 18.2 Å². The van der Waals surface area contributed by atoms with E-state index in [0.29, 0.717) is 17.9 Å². The molecule has 0 aliphatic rings. The Kier molecular flexibility index (Phi) is 7.15. The Labute approximate surface area is 115 Å². The number of nitrogens with one attached hydrogen (secondary N) is 1. The second-order valence-corrected chi connectivity index (χ2v) is 4.33. The molecule has 0 bridgehead atoms. The van der Waals surface area contributed by atoms with Crippen molar-refractivity contribution in [3.8, 4) is 5.75 Å². The van der Waals surface area contributed by atoms with Gasteiger partial charge in [0, 0.05) is 13.1 Å². The molecular formula is C15H24N2O2. The molecule has 0 aliphatic carbocycles. The van der Waals surface area contributed by atoms with Crippen molar-refractivity contribution in [2.75, 3.05) is 39.8 Å². The fourth-order valence-electron chi connectivity index (χ4n) is 1.95. The highest BCUT2D eigenvalue weighted by atomic mass is 16.5. The third-order valence-corrected chi connectivity index (χ3v) is 3.19. The molecule has 1 aromatic rings. The summed E-state index contributed by atoms with van der Waals surface area (Å²) in [6.45, 7) is 8.50. The molecule has 0 radical (unpaired) electrons. The molecule has 0 saturated heterocycles. The van der Waals surface area contributed by atoms with Crippen molar-refractivity contribution in [1.82, 2.24) is 10.2 Å². The molecule has 4 heteroatoms. The first-order chi connectivity index (χ1) is 9.22. The summed E-state index contributed by atoms with van der Waals surface area (Å²) in [6.07, 6.45) is 0. The second kappa shape index (κ2) is 8.67. The molecule has 1 N–H and O–H groups in total. The summed E-state index contributed by atoms with van der Waals surface area (Å²) >= 11 is 0. The number of Topliss-reactive ketones (excluding diaryl/α,β-unsaturated/α-hetero) is 1. The van der Waals surface area contributed by atoms with Crippen LogP contribution in [0.2, 0.25) is 0 Å². The second-order valence-electron chi connectivity index (χ2n) is 4.33. The van der Waals surface area contributed by atoms with E-state index in [-0.39, 0.29) is 5.78 Å². The van der Waals surface area contributed by atoms with E-state index in [1.54, 1.807) is 13.2 Å². The summed E-state index contributed by atoms with van der Waals surface area (Å²) in [5.41, 5.74) is 0.639. The van der Waals surface area contributed by atoms with E-state index in [9.17, 15) is 4.79 Å². The van der Waals surface area contributed by atoms with Gasteiger partial charge >= 0.3 is 0 Å². The zero-order valence-corrected chi connectivity index (χ0v) is 12.1. The topological polar surface area (TPSA) is 41.6 Å². The van der Waals surface area contributed by atoms with Gasteiger partial charge in [0.05, 0.1) is 19.2 Å². The molecule has 106 valence electrons. The standard InChI is InChI=1S/C15H24N2O2/c1-4-17(5-2)11-10-16-12-14(18)13-8-6-7-9-15(13)19-3/h6-9,16H,4-5,10-12H2,1-3H3. The first-order valence-electron chi connectivity index (χ1n) is 6.82. The molecule has 1 rings (SSSR count). The Morgan fingerprint density at radius 3 is 2.58 bits per heavy atom. The van der Waals surface area contributed by atoms with Gasteiger partial charge in [0.1, 0.15) is 5.75 Å². The summed E-state index contributed by atoms with van der Waals surface area (Å²) in [4.78, 5) is 14.4. The maximum absolute atomic E-state index is 12.1. The van der Waals surface area contributed by atoms with Crippen molar-refractivity contribution < 1.29 is 9.53 Å². The molecule has 0 spiro atoms. The molecule has 19 heavy (non-hydrogen) atoms. The number of benzene rings is 1. The maximum atomic E-state index is 12.1. The van der Waals surface area contributed by atoms with E-state index in [4.69, 9.17) is 4.74 Å². The van der Waals surface area contributed by atoms with Crippen molar-refractivity contribution in [3.05, 3.63) is 29.8 Å². The number of ether oxygens (including phenoxy) is 1. The van der Waals surface area contributed by atoms with Crippen molar-refractivity contribution in [2.24, 2.45) is 0 Å². The minimum atomic E-state index is 0.0667. The van der Waals surface area contributed by atoms with E-state index >= 15 is 0 Å². The van der Waals surface area contributed by atoms with Crippen LogP contribution in [0, 0.1) is 0 Å². The molecule has 0 aliphatic heterocycles. The number of carbonyl (C=O) groups excluding carboxylic acids is 1. The van der Waals surface area contributed by atoms with Crippen LogP contribution in [0.25, 0.3) is 0 Å². The molecule has 1 aromatic carbocycles. The van der Waals surface area contributed by atoms with Crippen molar-refractivity contribution >= 4 is 5.78 Å². The van der Waals surface area contributed by atoms with E-state index in [1.165, 1.54) is 0 Å². The van der Waals surface area contributed by atoms with Gasteiger partial charge in [-0.05, 0) is 25.2 Å². The van der Waals surface area contributed by atoms with Gasteiger partial charge in [0.15, 0.2) is 5.78 Å². The van der Waals surface area contributed by atoms with E-state index in [0.717, 1.165) is 26.2 Å². The first-order valence-corrected chi connectivity index (χ1v) is 6.82. The number of ketones is 1. The van der Waals surface area contributed by atoms with Crippen LogP contribution in [0.3, 0.4) is 0 Å². The lowest BCUT2D eigenvalue weighted by Gasteiger charge is -2.17. The van der Waals surface area contributed by atoms with Crippen LogP contribution >= 0.6 is 0 Å². The lowest BCUT2D eigenvalue weighted by molar-refractivity contribution is 0.0987. The van der Waals surface area contributed by atoms with Gasteiger partial charge in [-0.3, -0.25) is 4.79 Å². The summed E-state index contributed by atoms with van der Waals surface area (Å²) in [7, 11) is 1.58.